The Morgan fingerprint density at radius 3 is 2.95 bits per heavy atom. The van der Waals surface area contributed by atoms with E-state index in [-0.39, 0.29) is 12.5 Å². The maximum Gasteiger partial charge on any atom is 0.238 e. The van der Waals surface area contributed by atoms with Crippen molar-refractivity contribution in [3.63, 3.8) is 0 Å². The summed E-state index contributed by atoms with van der Waals surface area (Å²) in [6.07, 6.45) is 3.56. The average molecular weight is 290 g/mol. The molecule has 5 heteroatoms. The Morgan fingerprint density at radius 2 is 2.20 bits per heavy atom. The van der Waals surface area contributed by atoms with Crippen molar-refractivity contribution in [1.29, 1.82) is 0 Å². The van der Waals surface area contributed by atoms with Crippen LogP contribution in [0.1, 0.15) is 11.1 Å². The SMILES string of the molecule is Cc1ccncc1CNCC(=O)Nc1cccc(Cl)c1. The van der Waals surface area contributed by atoms with Crippen LogP contribution in [-0.4, -0.2) is 17.4 Å². The van der Waals surface area contributed by atoms with Crippen LogP contribution in [0.15, 0.2) is 42.7 Å². The summed E-state index contributed by atoms with van der Waals surface area (Å²) in [5, 5.41) is 6.47. The molecular formula is C15H16ClN3O. The third-order valence-electron chi connectivity index (χ3n) is 2.86. The predicted octanol–water partition coefficient (Wildman–Crippen LogP) is 2.77. The Bertz CT molecular complexity index is 601. The van der Waals surface area contributed by atoms with Crippen molar-refractivity contribution in [2.24, 2.45) is 0 Å². The van der Waals surface area contributed by atoms with Crippen molar-refractivity contribution in [1.82, 2.24) is 10.3 Å². The highest BCUT2D eigenvalue weighted by molar-refractivity contribution is 6.30. The molecule has 1 amide bonds. The van der Waals surface area contributed by atoms with E-state index in [0.717, 1.165) is 11.1 Å². The Hall–Kier alpha value is -1.91. The first-order chi connectivity index (χ1) is 9.65. The molecule has 2 rings (SSSR count). The second-order valence-corrected chi connectivity index (χ2v) is 4.90. The molecule has 2 N–H and O–H groups in total. The molecule has 0 aliphatic rings. The molecule has 1 heterocycles. The highest BCUT2D eigenvalue weighted by Crippen LogP contribution is 2.14. The number of nitrogens with zero attached hydrogens (tertiary/aromatic N) is 1. The molecule has 0 bridgehead atoms. The predicted molar refractivity (Wildman–Crippen MR) is 80.8 cm³/mol. The molecule has 2 aromatic rings. The van der Waals surface area contributed by atoms with Gasteiger partial charge in [-0.05, 0) is 42.3 Å². The zero-order valence-corrected chi connectivity index (χ0v) is 11.9. The van der Waals surface area contributed by atoms with Crippen LogP contribution in [0.4, 0.5) is 5.69 Å². The van der Waals surface area contributed by atoms with E-state index >= 15 is 0 Å². The fourth-order valence-corrected chi connectivity index (χ4v) is 1.95. The first-order valence-electron chi connectivity index (χ1n) is 6.31. The van der Waals surface area contributed by atoms with Gasteiger partial charge in [0.15, 0.2) is 0 Å². The Morgan fingerprint density at radius 1 is 1.35 bits per heavy atom. The van der Waals surface area contributed by atoms with Crippen molar-refractivity contribution < 1.29 is 4.79 Å². The number of nitrogens with one attached hydrogen (secondary N) is 2. The summed E-state index contributed by atoms with van der Waals surface area (Å²) in [5.74, 6) is -0.103. The monoisotopic (exact) mass is 289 g/mol. The molecule has 104 valence electrons. The first kappa shape index (κ1) is 14.5. The molecule has 0 saturated heterocycles. The lowest BCUT2D eigenvalue weighted by atomic mass is 10.1. The number of amides is 1. The number of rotatable bonds is 5. The van der Waals surface area contributed by atoms with Gasteiger partial charge in [0, 0.05) is 29.6 Å². The maximum absolute atomic E-state index is 11.8. The number of pyridine rings is 1. The van der Waals surface area contributed by atoms with E-state index in [4.69, 9.17) is 11.6 Å². The molecular weight excluding hydrogens is 274 g/mol. The zero-order chi connectivity index (χ0) is 14.4. The molecule has 0 spiro atoms. The molecule has 1 aromatic heterocycles. The number of hydrogen-bond donors (Lipinski definition) is 2. The van der Waals surface area contributed by atoms with Gasteiger partial charge < -0.3 is 10.6 Å². The maximum atomic E-state index is 11.8. The summed E-state index contributed by atoms with van der Waals surface area (Å²) in [7, 11) is 0. The van der Waals surface area contributed by atoms with Gasteiger partial charge in [0.05, 0.1) is 6.54 Å². The van der Waals surface area contributed by atoms with Gasteiger partial charge in [-0.1, -0.05) is 17.7 Å². The minimum absolute atomic E-state index is 0.103. The van der Waals surface area contributed by atoms with Crippen molar-refractivity contribution in [3.8, 4) is 0 Å². The van der Waals surface area contributed by atoms with Gasteiger partial charge in [-0.2, -0.15) is 0 Å². The van der Waals surface area contributed by atoms with Crippen LogP contribution in [0.3, 0.4) is 0 Å². The summed E-state index contributed by atoms with van der Waals surface area (Å²) < 4.78 is 0. The van der Waals surface area contributed by atoms with Crippen LogP contribution in [0, 0.1) is 6.92 Å². The number of carbonyl (C=O) groups excluding carboxylic acids is 1. The van der Waals surface area contributed by atoms with E-state index in [9.17, 15) is 4.79 Å². The Kier molecular flexibility index (Phi) is 5.09. The summed E-state index contributed by atoms with van der Waals surface area (Å²) in [5.41, 5.74) is 2.94. The quantitative estimate of drug-likeness (QED) is 0.890. The molecule has 1 aromatic carbocycles. The largest absolute Gasteiger partial charge is 0.325 e. The van der Waals surface area contributed by atoms with E-state index in [0.29, 0.717) is 17.3 Å². The minimum Gasteiger partial charge on any atom is -0.325 e. The van der Waals surface area contributed by atoms with Gasteiger partial charge >= 0.3 is 0 Å². The van der Waals surface area contributed by atoms with Gasteiger partial charge in [-0.3, -0.25) is 9.78 Å². The van der Waals surface area contributed by atoms with E-state index in [1.165, 1.54) is 0 Å². The molecule has 0 radical (unpaired) electrons. The fraction of sp³-hybridized carbons (Fsp3) is 0.200. The van der Waals surface area contributed by atoms with E-state index in [1.54, 1.807) is 36.7 Å². The van der Waals surface area contributed by atoms with Crippen LogP contribution < -0.4 is 10.6 Å². The van der Waals surface area contributed by atoms with Crippen LogP contribution in [0.2, 0.25) is 5.02 Å². The fourth-order valence-electron chi connectivity index (χ4n) is 1.76. The number of aromatic nitrogens is 1. The number of anilines is 1. The standard InChI is InChI=1S/C15H16ClN3O/c1-11-5-6-17-8-12(11)9-18-10-15(20)19-14-4-2-3-13(16)7-14/h2-8,18H,9-10H2,1H3,(H,19,20). The third kappa shape index (κ3) is 4.33. The van der Waals surface area contributed by atoms with E-state index in [2.05, 4.69) is 15.6 Å². The Balaban J connectivity index is 1.80. The number of halogens is 1. The molecule has 0 unspecified atom stereocenters. The lowest BCUT2D eigenvalue weighted by Crippen LogP contribution is -2.27. The lowest BCUT2D eigenvalue weighted by molar-refractivity contribution is -0.115. The molecule has 4 nitrogen and oxygen atoms in total. The van der Waals surface area contributed by atoms with Gasteiger partial charge in [0.1, 0.15) is 0 Å². The molecule has 0 fully saturated rings. The number of hydrogen-bond acceptors (Lipinski definition) is 3. The third-order valence-corrected chi connectivity index (χ3v) is 3.09. The lowest BCUT2D eigenvalue weighted by Gasteiger charge is -2.08. The summed E-state index contributed by atoms with van der Waals surface area (Å²) >= 11 is 5.86. The number of carbonyl (C=O) groups is 1. The van der Waals surface area contributed by atoms with Crippen LogP contribution in [-0.2, 0) is 11.3 Å². The van der Waals surface area contributed by atoms with Gasteiger partial charge in [0.25, 0.3) is 0 Å². The topological polar surface area (TPSA) is 54.0 Å². The van der Waals surface area contributed by atoms with Crippen molar-refractivity contribution in [2.45, 2.75) is 13.5 Å². The molecule has 0 atom stereocenters. The zero-order valence-electron chi connectivity index (χ0n) is 11.2. The molecule has 0 aliphatic carbocycles. The number of aryl methyl sites for hydroxylation is 1. The van der Waals surface area contributed by atoms with Crippen molar-refractivity contribution in [3.05, 3.63) is 58.9 Å². The van der Waals surface area contributed by atoms with E-state index in [1.807, 2.05) is 13.0 Å². The molecule has 20 heavy (non-hydrogen) atoms. The Labute approximate surface area is 123 Å². The number of benzene rings is 1. The average Bonchev–Trinajstić information content (AvgIpc) is 2.41. The highest BCUT2D eigenvalue weighted by atomic mass is 35.5. The van der Waals surface area contributed by atoms with Crippen molar-refractivity contribution >= 4 is 23.2 Å². The highest BCUT2D eigenvalue weighted by Gasteiger charge is 2.03. The smallest absolute Gasteiger partial charge is 0.238 e. The normalized spacial score (nSPS) is 10.3. The minimum atomic E-state index is -0.103. The second kappa shape index (κ2) is 7.03. The van der Waals surface area contributed by atoms with Gasteiger partial charge in [0.2, 0.25) is 5.91 Å². The molecule has 0 saturated carbocycles. The van der Waals surface area contributed by atoms with Crippen LogP contribution >= 0.6 is 11.6 Å². The van der Waals surface area contributed by atoms with Crippen molar-refractivity contribution in [2.75, 3.05) is 11.9 Å². The molecule has 0 aliphatic heterocycles. The van der Waals surface area contributed by atoms with E-state index < -0.39 is 0 Å². The summed E-state index contributed by atoms with van der Waals surface area (Å²) in [4.78, 5) is 15.8. The second-order valence-electron chi connectivity index (χ2n) is 4.46. The van der Waals surface area contributed by atoms with Gasteiger partial charge in [-0.15, -0.1) is 0 Å². The van der Waals surface area contributed by atoms with Crippen LogP contribution in [0.25, 0.3) is 0 Å². The summed E-state index contributed by atoms with van der Waals surface area (Å²) in [6, 6.07) is 9.02. The first-order valence-corrected chi connectivity index (χ1v) is 6.68. The van der Waals surface area contributed by atoms with Crippen LogP contribution in [0.5, 0.6) is 0 Å². The summed E-state index contributed by atoms with van der Waals surface area (Å²) in [6.45, 7) is 2.87. The van der Waals surface area contributed by atoms with Gasteiger partial charge in [-0.25, -0.2) is 0 Å².